The van der Waals surface area contributed by atoms with Crippen molar-refractivity contribution in [3.8, 4) is 74.7 Å². The molecule has 107 heavy (non-hydrogen) atoms. The van der Waals surface area contributed by atoms with E-state index in [9.17, 15) is 10.2 Å². The second-order valence-corrected chi connectivity index (χ2v) is 23.5. The van der Waals surface area contributed by atoms with Gasteiger partial charge in [-0.1, -0.05) is 185 Å². The van der Waals surface area contributed by atoms with Crippen molar-refractivity contribution in [1.29, 1.82) is 0 Å². The van der Waals surface area contributed by atoms with Crippen LogP contribution in [0.1, 0.15) is 77.8 Å². The van der Waals surface area contributed by atoms with Gasteiger partial charge in [-0.3, -0.25) is 0 Å². The van der Waals surface area contributed by atoms with Gasteiger partial charge in [0.25, 0.3) is 0 Å². The summed E-state index contributed by atoms with van der Waals surface area (Å²) in [7, 11) is 14.0. The zero-order valence-corrected chi connectivity index (χ0v) is 70.9. The summed E-state index contributed by atoms with van der Waals surface area (Å²) in [5.41, 5.74) is 10.6. The fourth-order valence-corrected chi connectivity index (χ4v) is 9.62. The number of rotatable bonds is 18. The Balaban J connectivity index is 0. The quantitative estimate of drug-likeness (QED) is 0.0351. The van der Waals surface area contributed by atoms with Crippen molar-refractivity contribution in [2.45, 2.75) is 64.7 Å². The summed E-state index contributed by atoms with van der Waals surface area (Å²) in [6.45, 7) is 18.6. The van der Waals surface area contributed by atoms with Crippen LogP contribution in [0.4, 0.5) is 0 Å². The molecule has 0 amide bonds. The monoisotopic (exact) mass is 1600 g/mol. The Morgan fingerprint density at radius 2 is 0.645 bits per heavy atom. The van der Waals surface area contributed by atoms with Crippen molar-refractivity contribution in [3.63, 3.8) is 0 Å². The molecule has 0 unspecified atom stereocenters. The average Bonchev–Trinajstić information content (AvgIpc) is 0.794. The van der Waals surface area contributed by atoms with Gasteiger partial charge in [0.05, 0.1) is 56.9 Å². The van der Waals surface area contributed by atoms with Crippen LogP contribution < -0.4 is 37.9 Å². The molecule has 0 aliphatic rings. The third-order valence-corrected chi connectivity index (χ3v) is 15.8. The minimum absolute atomic E-state index is 0. The molecule has 0 saturated heterocycles. The fraction of sp³-hybridized carbons (Fsp3) is 0.209. The molecule has 0 spiro atoms. The second-order valence-electron chi connectivity index (χ2n) is 23.5. The Morgan fingerprint density at radius 1 is 0.308 bits per heavy atom. The molecule has 11 aromatic rings. The molecule has 0 atom stereocenters. The minimum atomic E-state index is -0.189. The van der Waals surface area contributed by atoms with E-state index >= 15 is 0 Å². The van der Waals surface area contributed by atoms with Crippen molar-refractivity contribution >= 4 is 0 Å². The maximum Gasteiger partial charge on any atom is 0.160 e. The molecule has 0 aliphatic heterocycles. The van der Waals surface area contributed by atoms with Crippen LogP contribution in [0.5, 0.6) is 74.7 Å². The molecule has 0 aromatic heterocycles. The summed E-state index contributed by atoms with van der Waals surface area (Å²) in [4.78, 5) is 0. The van der Waals surface area contributed by atoms with E-state index in [1.807, 2.05) is 127 Å². The van der Waals surface area contributed by atoms with Crippen molar-refractivity contribution in [2.24, 2.45) is 0 Å². The normalized spacial score (nSPS) is 9.52. The molecule has 0 aliphatic carbocycles. The van der Waals surface area contributed by atoms with Gasteiger partial charge in [0.2, 0.25) is 0 Å². The van der Waals surface area contributed by atoms with Gasteiger partial charge in [0.1, 0.15) is 63.2 Å². The topological polar surface area (TPSA) is 195 Å². The Hall–Kier alpha value is -9.53. The van der Waals surface area contributed by atoms with Crippen LogP contribution in [-0.2, 0) is 95.5 Å². The predicted octanol–water partition coefficient (Wildman–Crippen LogP) is 20.6. The Kier molecular flexibility index (Phi) is 51.9. The van der Waals surface area contributed by atoms with E-state index in [-0.39, 0.29) is 108 Å². The molecule has 11 aromatic carbocycles. The standard InChI is InChI=1S/C22H26O2.C17H20O.C14H14O2.3C7H8O2.2C7H8O.CH4O.2CH3.2Y/c1-6-8-16-14-18(10-12-20(16)23)22(3,4)19-11-13-21(24-5)17(15-19)9-7-2;1-13-5-7-14(8-6-13)17(2,3)15-9-11-16(18-4)12-10-15;1-16-14-8-4-12(5-9-14)10-11-2-6-13(15)7-3-11;1-9-7-4-2-6(8)3-5-7;1-9-7-4-2-3-6(8)5-7;1-9-7-5-3-2-4-6(7)8;2*1-8-7-5-3-2-4-6-7;1-2;;;;/h6-7,10-15,23H,1-2,8-9H2,3-5H3;5-12H,1-4H3;2-9,15H,10H2,1H3;3*2-5,8H,1H3;2*2-6H,1H3;2H,1H3;2*1H3;;/q;;;;;;;;;2*-1;;. The molecule has 11 rings (SSSR count). The van der Waals surface area contributed by atoms with E-state index in [1.54, 1.807) is 147 Å². The predicted molar refractivity (Wildman–Crippen MR) is 432 cm³/mol. The number of methoxy groups -OCH3 is 8. The van der Waals surface area contributed by atoms with E-state index in [0.717, 1.165) is 71.1 Å². The third kappa shape index (κ3) is 36.6. The Labute approximate surface area is 688 Å². The zero-order valence-electron chi connectivity index (χ0n) is 65.2. The number of benzene rings is 11. The molecule has 14 nitrogen and oxygen atoms in total. The summed E-state index contributed by atoms with van der Waals surface area (Å²) in [5, 5.41) is 52.8. The molecule has 2 radical (unpaired) electrons. The number of phenolic OH excluding ortho intramolecular Hbond substituents is 5. The SMILES string of the molecule is C=CCc1cc(C(C)(C)c2ccc(OC)c(CC=C)c2)ccc1O.CO.COc1ccc(C(C)(C)c2ccc(C)cc2)cc1.COc1ccc(Cc2ccc(O)cc2)cc1.COc1ccc(O)cc1.COc1cccc(O)c1.COc1ccccc1.COc1ccccc1.COc1ccccc1O.[CH3-].[CH3-].[Y].[Y]. The first-order valence-electron chi connectivity index (χ1n) is 33.1. The van der Waals surface area contributed by atoms with E-state index in [0.29, 0.717) is 29.4 Å². The fourth-order valence-electron chi connectivity index (χ4n) is 9.62. The van der Waals surface area contributed by atoms with Crippen LogP contribution in [0.25, 0.3) is 0 Å². The van der Waals surface area contributed by atoms with Gasteiger partial charge in [-0.2, -0.15) is 0 Å². The number of hydrogen-bond acceptors (Lipinski definition) is 14. The molecular formula is C91H110O14Y2-2. The molecule has 0 bridgehead atoms. The first kappa shape index (κ1) is 99.5. The van der Waals surface area contributed by atoms with E-state index in [2.05, 4.69) is 102 Å². The first-order chi connectivity index (χ1) is 49.6. The van der Waals surface area contributed by atoms with Gasteiger partial charge in [-0.05, 0) is 192 Å². The minimum Gasteiger partial charge on any atom is -0.508 e. The molecule has 566 valence electrons. The molecule has 6 N–H and O–H groups in total. The van der Waals surface area contributed by atoms with E-state index in [4.69, 9.17) is 58.3 Å². The Morgan fingerprint density at radius 3 is 1.04 bits per heavy atom. The summed E-state index contributed by atoms with van der Waals surface area (Å²) < 4.78 is 40.1. The number of aliphatic hydroxyl groups is 1. The molecule has 0 heterocycles. The smallest absolute Gasteiger partial charge is 0.160 e. The molecule has 16 heteroatoms. The summed E-state index contributed by atoms with van der Waals surface area (Å²) >= 11 is 0. The van der Waals surface area contributed by atoms with Gasteiger partial charge in [0.15, 0.2) is 11.5 Å². The van der Waals surface area contributed by atoms with Gasteiger partial charge in [-0.15, -0.1) is 13.2 Å². The van der Waals surface area contributed by atoms with Gasteiger partial charge in [-0.25, -0.2) is 0 Å². The largest absolute Gasteiger partial charge is 0.508 e. The van der Waals surface area contributed by atoms with Crippen LogP contribution >= 0.6 is 0 Å². The zero-order chi connectivity index (χ0) is 76.0. The van der Waals surface area contributed by atoms with Crippen LogP contribution in [0.2, 0.25) is 0 Å². The van der Waals surface area contributed by atoms with Crippen LogP contribution in [-0.4, -0.2) is 94.6 Å². The van der Waals surface area contributed by atoms with E-state index in [1.165, 1.54) is 40.5 Å². The summed E-state index contributed by atoms with van der Waals surface area (Å²) in [6.07, 6.45) is 5.98. The molecule has 0 fully saturated rings. The number of aliphatic hydroxyl groups excluding tert-OH is 1. The number of allylic oxidation sites excluding steroid dienone is 2. The number of hydrogen-bond donors (Lipinski definition) is 6. The number of aromatic hydroxyl groups is 5. The van der Waals surface area contributed by atoms with Gasteiger partial charge < -0.3 is 83.4 Å². The third-order valence-electron chi connectivity index (χ3n) is 15.8. The maximum atomic E-state index is 10.0. The summed E-state index contributed by atoms with van der Waals surface area (Å²) in [5.74, 6) is 7.71. The van der Waals surface area contributed by atoms with Gasteiger partial charge >= 0.3 is 0 Å². The number of phenols is 5. The molecule has 0 saturated carbocycles. The van der Waals surface area contributed by atoms with Crippen molar-refractivity contribution in [1.82, 2.24) is 0 Å². The number of para-hydroxylation sites is 4. The Bertz CT molecular complexity index is 4060. The van der Waals surface area contributed by atoms with Crippen molar-refractivity contribution in [3.05, 3.63) is 357 Å². The van der Waals surface area contributed by atoms with Gasteiger partial charge in [0, 0.05) is 89.4 Å². The average molecular weight is 1610 g/mol. The van der Waals surface area contributed by atoms with Crippen LogP contribution in [0.3, 0.4) is 0 Å². The molecular weight excluding hydrogens is 1490 g/mol. The van der Waals surface area contributed by atoms with Crippen LogP contribution in [0.15, 0.2) is 292 Å². The van der Waals surface area contributed by atoms with Crippen molar-refractivity contribution in [2.75, 3.05) is 64.0 Å². The second kappa shape index (κ2) is 55.9. The first-order valence-corrected chi connectivity index (χ1v) is 33.1. The summed E-state index contributed by atoms with van der Waals surface area (Å²) in [6, 6.07) is 83.9. The number of aryl methyl sites for hydroxylation is 1. The van der Waals surface area contributed by atoms with Crippen LogP contribution in [0, 0.1) is 21.8 Å². The maximum absolute atomic E-state index is 10.0. The van der Waals surface area contributed by atoms with E-state index < -0.39 is 0 Å². The number of ether oxygens (including phenoxy) is 8. The van der Waals surface area contributed by atoms with Crippen molar-refractivity contribution < 1.29 is 134 Å².